The maximum Gasteiger partial charge on any atom is 0.326 e. The van der Waals surface area contributed by atoms with Crippen molar-refractivity contribution in [2.75, 3.05) is 6.54 Å². The highest BCUT2D eigenvalue weighted by atomic mass is 16.4. The molecule has 2 aromatic rings. The largest absolute Gasteiger partial charge is 0.480 e. The van der Waals surface area contributed by atoms with Gasteiger partial charge in [-0.15, -0.1) is 0 Å². The van der Waals surface area contributed by atoms with E-state index in [0.29, 0.717) is 18.3 Å². The normalized spacial score (nSPS) is 17.2. The molecular formula is C30H39N7O6. The molecule has 1 aliphatic heterocycles. The third-order valence-corrected chi connectivity index (χ3v) is 6.95. The zero-order chi connectivity index (χ0) is 31.4. The number of carbonyl (C=O) groups excluding carboxylic acids is 4. The molecule has 0 saturated carbocycles. The van der Waals surface area contributed by atoms with Crippen molar-refractivity contribution in [3.05, 3.63) is 71.8 Å². The van der Waals surface area contributed by atoms with Crippen LogP contribution in [0.1, 0.15) is 31.4 Å². The quantitative estimate of drug-likeness (QED) is 0.149. The van der Waals surface area contributed by atoms with E-state index >= 15 is 0 Å². The number of hydrogen-bond donors (Lipinski definition) is 7. The molecule has 0 fully saturated rings. The molecular weight excluding hydrogens is 554 g/mol. The monoisotopic (exact) mass is 593 g/mol. The van der Waals surface area contributed by atoms with Crippen LogP contribution in [0.3, 0.4) is 0 Å². The van der Waals surface area contributed by atoms with Crippen LogP contribution in [0.2, 0.25) is 0 Å². The van der Waals surface area contributed by atoms with Crippen LogP contribution in [0.4, 0.5) is 4.79 Å². The molecule has 0 saturated heterocycles. The molecule has 43 heavy (non-hydrogen) atoms. The lowest BCUT2D eigenvalue weighted by Crippen LogP contribution is -2.65. The van der Waals surface area contributed by atoms with Gasteiger partial charge in [0, 0.05) is 13.0 Å². The number of hydrogen-bond acceptors (Lipinski definition) is 8. The first-order valence-corrected chi connectivity index (χ1v) is 14.1. The van der Waals surface area contributed by atoms with E-state index in [1.807, 2.05) is 30.3 Å². The highest BCUT2D eigenvalue weighted by Gasteiger charge is 2.36. The van der Waals surface area contributed by atoms with Gasteiger partial charge in [-0.05, 0) is 29.9 Å². The van der Waals surface area contributed by atoms with Gasteiger partial charge in [0.05, 0.1) is 12.1 Å². The lowest BCUT2D eigenvalue weighted by atomic mass is 9.99. The summed E-state index contributed by atoms with van der Waals surface area (Å²) in [6, 6.07) is 12.0. The van der Waals surface area contributed by atoms with Crippen molar-refractivity contribution in [1.82, 2.24) is 26.6 Å². The molecule has 0 radical (unpaired) electrons. The summed E-state index contributed by atoms with van der Waals surface area (Å²) in [6.07, 6.45) is 1.27. The molecule has 0 aliphatic carbocycles. The highest BCUT2D eigenvalue weighted by Crippen LogP contribution is 2.10. The number of benzene rings is 2. The summed E-state index contributed by atoms with van der Waals surface area (Å²) in [4.78, 5) is 67.6. The molecule has 13 heteroatoms. The van der Waals surface area contributed by atoms with Crippen LogP contribution in [0.25, 0.3) is 0 Å². The molecule has 0 spiro atoms. The lowest BCUT2D eigenvalue weighted by Gasteiger charge is -2.32. The van der Waals surface area contributed by atoms with Crippen LogP contribution in [0.5, 0.6) is 0 Å². The topological polar surface area (TPSA) is 204 Å². The van der Waals surface area contributed by atoms with Gasteiger partial charge in [0.1, 0.15) is 24.4 Å². The molecule has 1 heterocycles. The molecule has 5 atom stereocenters. The van der Waals surface area contributed by atoms with Crippen molar-refractivity contribution in [2.24, 2.45) is 16.6 Å². The minimum Gasteiger partial charge on any atom is -0.480 e. The fraction of sp³-hybridized carbons (Fsp3) is 0.400. The van der Waals surface area contributed by atoms with E-state index in [2.05, 4.69) is 31.6 Å². The summed E-state index contributed by atoms with van der Waals surface area (Å²) >= 11 is 0. The smallest absolute Gasteiger partial charge is 0.326 e. The standard InChI is InChI=1S/C30H39N7O6/c1-18(2)24(26(39)33-21(17-38)15-19-9-5-3-6-10-19)36-27(40)25(22-13-14-32-29(31)34-22)37-30(43)35-23(28(41)42)16-20-11-7-4-8-12-20/h3-12,17-18,21-25H,13-16H2,1-2H3,(H,33,39)(H,36,40)(H,41,42)(H3,31,32,34)(H2,35,37,43). The van der Waals surface area contributed by atoms with Gasteiger partial charge in [-0.1, -0.05) is 74.5 Å². The first-order chi connectivity index (χ1) is 20.6. The second-order valence-electron chi connectivity index (χ2n) is 10.7. The van der Waals surface area contributed by atoms with E-state index in [4.69, 9.17) is 5.73 Å². The van der Waals surface area contributed by atoms with Crippen LogP contribution in [-0.2, 0) is 32.0 Å². The number of guanidine groups is 1. The van der Waals surface area contributed by atoms with Crippen molar-refractivity contribution in [3.8, 4) is 0 Å². The molecule has 13 nitrogen and oxygen atoms in total. The molecule has 2 aromatic carbocycles. The number of carboxylic acid groups (broad SMARTS) is 1. The van der Waals surface area contributed by atoms with E-state index in [1.54, 1.807) is 44.2 Å². The van der Waals surface area contributed by atoms with Gasteiger partial charge in [-0.3, -0.25) is 14.6 Å². The first-order valence-electron chi connectivity index (χ1n) is 14.1. The van der Waals surface area contributed by atoms with E-state index in [0.717, 1.165) is 5.56 Å². The molecule has 1 aliphatic rings. The summed E-state index contributed by atoms with van der Waals surface area (Å²) in [5.74, 6) is -2.81. The minimum absolute atomic E-state index is 0.0260. The summed E-state index contributed by atoms with van der Waals surface area (Å²) in [6.45, 7) is 3.76. The van der Waals surface area contributed by atoms with Gasteiger partial charge < -0.3 is 42.2 Å². The van der Waals surface area contributed by atoms with E-state index in [-0.39, 0.29) is 31.3 Å². The lowest BCUT2D eigenvalue weighted by molar-refractivity contribution is -0.139. The number of carboxylic acids is 1. The van der Waals surface area contributed by atoms with Crippen molar-refractivity contribution < 1.29 is 29.1 Å². The Labute approximate surface area is 250 Å². The Morgan fingerprint density at radius 3 is 2.07 bits per heavy atom. The molecule has 5 unspecified atom stereocenters. The van der Waals surface area contributed by atoms with E-state index in [1.165, 1.54) is 0 Å². The Hall–Kier alpha value is -4.94. The molecule has 4 amide bonds. The van der Waals surface area contributed by atoms with E-state index in [9.17, 15) is 29.1 Å². The first kappa shape index (κ1) is 32.6. The SMILES string of the molecule is CC(C)C(NC(=O)C(NC(=O)NC(Cc1ccccc1)C(=O)O)C1CCN=C(N)N1)C(=O)NC(C=O)Cc1ccccc1. The molecule has 0 aromatic heterocycles. The number of nitrogens with two attached hydrogens (primary N) is 1. The number of urea groups is 1. The van der Waals surface area contributed by atoms with Gasteiger partial charge >= 0.3 is 12.0 Å². The average Bonchev–Trinajstić information content (AvgIpc) is 2.98. The van der Waals surface area contributed by atoms with Gasteiger partial charge in [0.2, 0.25) is 11.8 Å². The number of aliphatic imine (C=N–C) groups is 1. The minimum atomic E-state index is -1.27. The molecule has 0 bridgehead atoms. The van der Waals surface area contributed by atoms with Crippen LogP contribution >= 0.6 is 0 Å². The fourth-order valence-electron chi connectivity index (χ4n) is 4.67. The molecule has 8 N–H and O–H groups in total. The van der Waals surface area contributed by atoms with Crippen LogP contribution in [0.15, 0.2) is 65.7 Å². The number of rotatable bonds is 14. The van der Waals surface area contributed by atoms with Gasteiger partial charge in [-0.2, -0.15) is 0 Å². The number of aliphatic carboxylic acids is 1. The van der Waals surface area contributed by atoms with Crippen molar-refractivity contribution in [1.29, 1.82) is 0 Å². The second kappa shape index (κ2) is 15.9. The number of carbonyl (C=O) groups is 5. The predicted octanol–water partition coefficient (Wildman–Crippen LogP) is 0.0939. The average molecular weight is 594 g/mol. The maximum atomic E-state index is 13.6. The summed E-state index contributed by atoms with van der Waals surface area (Å²) in [7, 11) is 0. The predicted molar refractivity (Wildman–Crippen MR) is 160 cm³/mol. The summed E-state index contributed by atoms with van der Waals surface area (Å²) < 4.78 is 0. The van der Waals surface area contributed by atoms with Crippen LogP contribution in [0, 0.1) is 5.92 Å². The third kappa shape index (κ3) is 10.1. The molecule has 3 rings (SSSR count). The fourth-order valence-corrected chi connectivity index (χ4v) is 4.67. The van der Waals surface area contributed by atoms with Crippen LogP contribution in [-0.4, -0.2) is 77.9 Å². The van der Waals surface area contributed by atoms with E-state index < -0.39 is 54.0 Å². The zero-order valence-corrected chi connectivity index (χ0v) is 24.2. The Morgan fingerprint density at radius 2 is 1.53 bits per heavy atom. The van der Waals surface area contributed by atoms with Gasteiger partial charge in [0.15, 0.2) is 5.96 Å². The van der Waals surface area contributed by atoms with Crippen LogP contribution < -0.4 is 32.3 Å². The third-order valence-electron chi connectivity index (χ3n) is 6.95. The number of nitrogens with one attached hydrogen (secondary N) is 5. The van der Waals surface area contributed by atoms with Gasteiger partial charge in [0.25, 0.3) is 0 Å². The Kier molecular flexibility index (Phi) is 12.0. The Bertz CT molecular complexity index is 1290. The zero-order valence-electron chi connectivity index (χ0n) is 24.2. The summed E-state index contributed by atoms with van der Waals surface area (Å²) in [5, 5.41) is 22.9. The molecule has 230 valence electrons. The Balaban J connectivity index is 1.73. The number of amides is 4. The number of nitrogens with zero attached hydrogens (tertiary/aromatic N) is 1. The van der Waals surface area contributed by atoms with Gasteiger partial charge in [-0.25, -0.2) is 9.59 Å². The second-order valence-corrected chi connectivity index (χ2v) is 10.7. The Morgan fingerprint density at radius 1 is 0.930 bits per heavy atom. The highest BCUT2D eigenvalue weighted by molar-refractivity contribution is 5.94. The van der Waals surface area contributed by atoms with Crippen molar-refractivity contribution in [3.63, 3.8) is 0 Å². The van der Waals surface area contributed by atoms with Crippen molar-refractivity contribution >= 4 is 36.1 Å². The van der Waals surface area contributed by atoms with Crippen molar-refractivity contribution in [2.45, 2.75) is 63.3 Å². The summed E-state index contributed by atoms with van der Waals surface area (Å²) in [5.41, 5.74) is 7.39. The number of aldehydes is 1. The maximum absolute atomic E-state index is 13.6.